The van der Waals surface area contributed by atoms with E-state index in [1.807, 2.05) is 11.8 Å². The fraction of sp³-hybridized carbons (Fsp3) is 1.00. The Morgan fingerprint density at radius 1 is 1.22 bits per heavy atom. The number of hydrogen-bond acceptors (Lipinski definition) is 4. The lowest BCUT2D eigenvalue weighted by molar-refractivity contribution is 0.107. The van der Waals surface area contributed by atoms with Gasteiger partial charge in [-0.3, -0.25) is 9.13 Å². The Bertz CT molecular complexity index is 367. The van der Waals surface area contributed by atoms with Crippen LogP contribution in [0.1, 0.15) is 26.2 Å². The smallest absolute Gasteiger partial charge is 0.367 e. The molecule has 0 saturated carbocycles. The molecule has 1 rings (SSSR count). The van der Waals surface area contributed by atoms with Crippen LogP contribution in [0.3, 0.4) is 0 Å². The normalized spacial score (nSPS) is 23.6. The number of aliphatic hydroxyl groups is 1. The molecule has 1 unspecified atom stereocenters. The highest BCUT2D eigenvalue weighted by Crippen LogP contribution is 2.68. The Hall–Kier alpha value is 0.220. The van der Waals surface area contributed by atoms with Gasteiger partial charge in [0.15, 0.2) is 0 Å². The van der Waals surface area contributed by atoms with Crippen molar-refractivity contribution in [2.24, 2.45) is 0 Å². The summed E-state index contributed by atoms with van der Waals surface area (Å²) in [5.74, 6) is 0. The second-order valence-corrected chi connectivity index (χ2v) is 8.65. The maximum Gasteiger partial charge on any atom is 0.369 e. The molecule has 0 aliphatic carbocycles. The van der Waals surface area contributed by atoms with E-state index >= 15 is 0 Å². The van der Waals surface area contributed by atoms with Gasteiger partial charge in [0, 0.05) is 19.0 Å². The number of likely N-dealkylation sites (tertiary alicyclic amines) is 1. The molecule has 8 nitrogen and oxygen atoms in total. The fourth-order valence-electron chi connectivity index (χ4n) is 2.08. The van der Waals surface area contributed by atoms with Crippen LogP contribution >= 0.6 is 15.2 Å². The van der Waals surface area contributed by atoms with Gasteiger partial charge in [-0.1, -0.05) is 0 Å². The molecule has 1 heterocycles. The molecule has 0 bridgehead atoms. The van der Waals surface area contributed by atoms with E-state index in [2.05, 4.69) is 0 Å². The molecule has 1 atom stereocenters. The quantitative estimate of drug-likeness (QED) is 0.442. The average Bonchev–Trinajstić information content (AvgIpc) is 2.57. The molecule has 0 aromatic carbocycles. The van der Waals surface area contributed by atoms with Gasteiger partial charge >= 0.3 is 15.2 Å². The maximum atomic E-state index is 11.1. The standard InChI is InChI=1S/C8H19NO7P2/c1-7-3-2-5-9(7)6-4-8(10,17(11,12)13)18(14,15)16/h7,10H,2-6H2,1H3,(H2,11,12,13)(H2,14,15,16). The first-order valence-corrected chi connectivity index (χ1v) is 8.79. The summed E-state index contributed by atoms with van der Waals surface area (Å²) in [7, 11) is -10.6. The van der Waals surface area contributed by atoms with Crippen molar-refractivity contribution in [2.45, 2.75) is 37.3 Å². The summed E-state index contributed by atoms with van der Waals surface area (Å²) in [6, 6.07) is 0.183. The number of rotatable bonds is 5. The van der Waals surface area contributed by atoms with E-state index in [0.29, 0.717) is 6.54 Å². The van der Waals surface area contributed by atoms with E-state index in [0.717, 1.165) is 12.8 Å². The first kappa shape index (κ1) is 16.3. The molecule has 0 aromatic rings. The SMILES string of the molecule is CC1CCCN1CCC(O)(P(=O)(O)O)P(=O)(O)O. The zero-order valence-electron chi connectivity index (χ0n) is 10.0. The zero-order valence-corrected chi connectivity index (χ0v) is 11.8. The predicted molar refractivity (Wildman–Crippen MR) is 63.9 cm³/mol. The van der Waals surface area contributed by atoms with E-state index in [9.17, 15) is 14.2 Å². The summed E-state index contributed by atoms with van der Waals surface area (Å²) < 4.78 is 22.2. The van der Waals surface area contributed by atoms with Gasteiger partial charge in [-0.2, -0.15) is 0 Å². The third-order valence-electron chi connectivity index (χ3n) is 3.36. The summed E-state index contributed by atoms with van der Waals surface area (Å²) in [5.41, 5.74) is 0. The Kier molecular flexibility index (Phi) is 4.80. The van der Waals surface area contributed by atoms with E-state index < -0.39 is 26.7 Å². The highest BCUT2D eigenvalue weighted by molar-refractivity contribution is 7.72. The maximum absolute atomic E-state index is 11.1. The molecule has 5 N–H and O–H groups in total. The highest BCUT2D eigenvalue weighted by atomic mass is 31.2. The third kappa shape index (κ3) is 3.21. The van der Waals surface area contributed by atoms with Gasteiger partial charge in [-0.05, 0) is 26.3 Å². The predicted octanol–water partition coefficient (Wildman–Crippen LogP) is -0.138. The lowest BCUT2D eigenvalue weighted by Crippen LogP contribution is -2.36. The molecular formula is C8H19NO7P2. The van der Waals surface area contributed by atoms with E-state index in [1.165, 1.54) is 0 Å². The largest absolute Gasteiger partial charge is 0.369 e. The van der Waals surface area contributed by atoms with Crippen molar-refractivity contribution in [3.63, 3.8) is 0 Å². The summed E-state index contributed by atoms with van der Waals surface area (Å²) in [5, 5.41) is 6.39. The van der Waals surface area contributed by atoms with E-state index in [-0.39, 0.29) is 12.6 Å². The van der Waals surface area contributed by atoms with Crippen molar-refractivity contribution in [3.8, 4) is 0 Å². The van der Waals surface area contributed by atoms with Crippen molar-refractivity contribution in [1.82, 2.24) is 4.90 Å². The minimum atomic E-state index is -5.32. The Morgan fingerprint density at radius 3 is 2.06 bits per heavy atom. The zero-order chi connectivity index (χ0) is 14.2. The van der Waals surface area contributed by atoms with Crippen LogP contribution in [0, 0.1) is 0 Å². The van der Waals surface area contributed by atoms with E-state index in [1.54, 1.807) is 0 Å². The average molecular weight is 303 g/mol. The monoisotopic (exact) mass is 303 g/mol. The second-order valence-electron chi connectivity index (χ2n) is 4.64. The highest BCUT2D eigenvalue weighted by Gasteiger charge is 2.59. The Labute approximate surface area is 105 Å². The van der Waals surface area contributed by atoms with Crippen molar-refractivity contribution >= 4 is 15.2 Å². The first-order valence-electron chi connectivity index (χ1n) is 5.57. The summed E-state index contributed by atoms with van der Waals surface area (Å²) in [6.07, 6.45) is 1.18. The molecule has 108 valence electrons. The molecule has 1 aliphatic rings. The molecule has 0 amide bonds. The van der Waals surface area contributed by atoms with Gasteiger partial charge in [0.25, 0.3) is 5.08 Å². The molecular weight excluding hydrogens is 284 g/mol. The van der Waals surface area contributed by atoms with Gasteiger partial charge in [-0.25, -0.2) is 0 Å². The fourth-order valence-corrected chi connectivity index (χ4v) is 4.22. The Balaban J connectivity index is 2.82. The lowest BCUT2D eigenvalue weighted by Gasteiger charge is -2.31. The Morgan fingerprint density at radius 2 is 1.72 bits per heavy atom. The number of nitrogens with zero attached hydrogens (tertiary/aromatic N) is 1. The van der Waals surface area contributed by atoms with Crippen molar-refractivity contribution in [3.05, 3.63) is 0 Å². The van der Waals surface area contributed by atoms with Crippen LogP contribution in [-0.2, 0) is 9.13 Å². The third-order valence-corrected chi connectivity index (χ3v) is 7.23. The summed E-state index contributed by atoms with van der Waals surface area (Å²) in [6.45, 7) is 2.65. The van der Waals surface area contributed by atoms with Gasteiger partial charge in [0.1, 0.15) is 0 Å². The van der Waals surface area contributed by atoms with Crippen molar-refractivity contribution in [2.75, 3.05) is 13.1 Å². The van der Waals surface area contributed by atoms with Gasteiger partial charge in [-0.15, -0.1) is 0 Å². The molecule has 0 radical (unpaired) electrons. The van der Waals surface area contributed by atoms with Gasteiger partial charge in [0.2, 0.25) is 0 Å². The molecule has 0 spiro atoms. The van der Waals surface area contributed by atoms with Crippen LogP contribution in [0.5, 0.6) is 0 Å². The molecule has 0 aromatic heterocycles. The molecule has 1 saturated heterocycles. The van der Waals surface area contributed by atoms with Crippen molar-refractivity contribution in [1.29, 1.82) is 0 Å². The summed E-state index contributed by atoms with van der Waals surface area (Å²) in [4.78, 5) is 37.7. The van der Waals surface area contributed by atoms with E-state index in [4.69, 9.17) is 19.6 Å². The van der Waals surface area contributed by atoms with Crippen molar-refractivity contribution < 1.29 is 33.8 Å². The molecule has 18 heavy (non-hydrogen) atoms. The van der Waals surface area contributed by atoms with Crippen LogP contribution in [0.4, 0.5) is 0 Å². The van der Waals surface area contributed by atoms with Crippen LogP contribution in [-0.4, -0.2) is 53.8 Å². The van der Waals surface area contributed by atoms with Crippen LogP contribution in [0.25, 0.3) is 0 Å². The second kappa shape index (κ2) is 5.31. The van der Waals surface area contributed by atoms with Crippen LogP contribution < -0.4 is 0 Å². The first-order chi connectivity index (χ1) is 7.99. The molecule has 1 aliphatic heterocycles. The minimum Gasteiger partial charge on any atom is -0.367 e. The minimum absolute atomic E-state index is 0.0356. The molecule has 1 fully saturated rings. The van der Waals surface area contributed by atoms with Crippen LogP contribution in [0.15, 0.2) is 0 Å². The lowest BCUT2D eigenvalue weighted by atomic mass is 10.2. The van der Waals surface area contributed by atoms with Gasteiger partial charge in [0.05, 0.1) is 0 Å². The van der Waals surface area contributed by atoms with Gasteiger partial charge < -0.3 is 29.6 Å². The topological polar surface area (TPSA) is 139 Å². The number of hydrogen-bond donors (Lipinski definition) is 5. The summed E-state index contributed by atoms with van der Waals surface area (Å²) >= 11 is 0. The van der Waals surface area contributed by atoms with Crippen LogP contribution in [0.2, 0.25) is 0 Å². The molecule has 10 heteroatoms.